The van der Waals surface area contributed by atoms with E-state index in [2.05, 4.69) is 36.8 Å². The van der Waals surface area contributed by atoms with Crippen LogP contribution in [0, 0.1) is 0 Å². The van der Waals surface area contributed by atoms with E-state index in [0.29, 0.717) is 15.5 Å². The molecule has 0 aromatic carbocycles. The number of rotatable bonds is 3. The third-order valence-electron chi connectivity index (χ3n) is 1.61. The van der Waals surface area contributed by atoms with Crippen molar-refractivity contribution >= 4 is 31.9 Å². The number of aromatic nitrogens is 1. The van der Waals surface area contributed by atoms with E-state index in [4.69, 9.17) is 0 Å². The van der Waals surface area contributed by atoms with Crippen LogP contribution in [0.15, 0.2) is 22.9 Å². The maximum absolute atomic E-state index is 9.54. The molecule has 0 spiro atoms. The fraction of sp³-hybridized carbons (Fsp3) is 0.375. The number of aliphatic hydroxyl groups excluding tert-OH is 2. The van der Waals surface area contributed by atoms with E-state index in [1.165, 1.54) is 6.20 Å². The van der Waals surface area contributed by atoms with Gasteiger partial charge >= 0.3 is 0 Å². The summed E-state index contributed by atoms with van der Waals surface area (Å²) in [6.45, 7) is 0. The lowest BCUT2D eigenvalue weighted by Gasteiger charge is -2.15. The summed E-state index contributed by atoms with van der Waals surface area (Å²) in [4.78, 5) is 3.95. The van der Waals surface area contributed by atoms with Crippen molar-refractivity contribution < 1.29 is 10.2 Å². The maximum atomic E-state index is 9.54. The highest BCUT2D eigenvalue weighted by molar-refractivity contribution is 9.10. The molecule has 0 saturated heterocycles. The topological polar surface area (TPSA) is 53.4 Å². The first kappa shape index (κ1) is 11.1. The highest BCUT2D eigenvalue weighted by Gasteiger charge is 2.16. The van der Waals surface area contributed by atoms with E-state index in [0.717, 1.165) is 0 Å². The first-order valence-corrected chi connectivity index (χ1v) is 5.60. The molecule has 0 radical (unpaired) electrons. The van der Waals surface area contributed by atoms with Crippen molar-refractivity contribution in [2.24, 2.45) is 0 Å². The number of alkyl halides is 1. The van der Waals surface area contributed by atoms with Gasteiger partial charge in [0.25, 0.3) is 0 Å². The summed E-state index contributed by atoms with van der Waals surface area (Å²) in [5.74, 6) is 0. The molecule has 0 aliphatic rings. The van der Waals surface area contributed by atoms with E-state index < -0.39 is 12.2 Å². The van der Waals surface area contributed by atoms with Crippen molar-refractivity contribution in [3.05, 3.63) is 28.5 Å². The zero-order valence-electron chi connectivity index (χ0n) is 6.69. The van der Waals surface area contributed by atoms with E-state index in [1.54, 1.807) is 12.1 Å². The Morgan fingerprint density at radius 3 is 2.54 bits per heavy atom. The van der Waals surface area contributed by atoms with Gasteiger partial charge in [-0.25, -0.2) is 4.98 Å². The summed E-state index contributed by atoms with van der Waals surface area (Å²) in [6, 6.07) is 3.44. The first-order chi connectivity index (χ1) is 6.15. The second-order valence-electron chi connectivity index (χ2n) is 2.58. The van der Waals surface area contributed by atoms with Crippen LogP contribution >= 0.6 is 31.9 Å². The molecule has 0 bridgehead atoms. The van der Waals surface area contributed by atoms with E-state index >= 15 is 0 Å². The van der Waals surface area contributed by atoms with Crippen LogP contribution in [0.2, 0.25) is 0 Å². The molecule has 2 atom stereocenters. The first-order valence-electron chi connectivity index (χ1n) is 3.68. The van der Waals surface area contributed by atoms with Gasteiger partial charge in [0.15, 0.2) is 0 Å². The van der Waals surface area contributed by atoms with Gasteiger partial charge in [0.1, 0.15) is 10.7 Å². The Morgan fingerprint density at radius 2 is 2.08 bits per heavy atom. The van der Waals surface area contributed by atoms with Crippen molar-refractivity contribution in [2.45, 2.75) is 12.2 Å². The molecule has 0 fully saturated rings. The van der Waals surface area contributed by atoms with Crippen LogP contribution in [0.25, 0.3) is 0 Å². The van der Waals surface area contributed by atoms with Crippen LogP contribution < -0.4 is 0 Å². The molecule has 1 rings (SSSR count). The molecule has 72 valence electrons. The molecule has 1 heterocycles. The molecule has 13 heavy (non-hydrogen) atoms. The van der Waals surface area contributed by atoms with E-state index in [-0.39, 0.29) is 0 Å². The predicted molar refractivity (Wildman–Crippen MR) is 56.7 cm³/mol. The maximum Gasteiger partial charge on any atom is 0.107 e. The van der Waals surface area contributed by atoms with Gasteiger partial charge in [0.05, 0.1) is 6.10 Å². The van der Waals surface area contributed by atoms with Crippen LogP contribution in [0.1, 0.15) is 11.7 Å². The summed E-state index contributed by atoms with van der Waals surface area (Å²) in [6.07, 6.45) is -0.163. The van der Waals surface area contributed by atoms with Gasteiger partial charge in [-0.3, -0.25) is 0 Å². The summed E-state index contributed by atoms with van der Waals surface area (Å²) >= 11 is 6.27. The average Bonchev–Trinajstić information content (AvgIpc) is 2.17. The Labute approximate surface area is 93.1 Å². The average molecular weight is 311 g/mol. The number of hydrogen-bond acceptors (Lipinski definition) is 3. The van der Waals surface area contributed by atoms with Crippen LogP contribution in [0.5, 0.6) is 0 Å². The van der Waals surface area contributed by atoms with Crippen molar-refractivity contribution in [3.8, 4) is 0 Å². The van der Waals surface area contributed by atoms with Gasteiger partial charge in [-0.2, -0.15) is 0 Å². The molecule has 5 heteroatoms. The second kappa shape index (κ2) is 5.05. The Hall–Kier alpha value is 0.0300. The Bertz CT molecular complexity index is 265. The van der Waals surface area contributed by atoms with Crippen molar-refractivity contribution in [1.29, 1.82) is 0 Å². The van der Waals surface area contributed by atoms with Gasteiger partial charge in [-0.1, -0.05) is 22.0 Å². The summed E-state index contributed by atoms with van der Waals surface area (Å²) in [5.41, 5.74) is 0.607. The number of halogens is 2. The summed E-state index contributed by atoms with van der Waals surface area (Å²) < 4.78 is 0.705. The Balaban J connectivity index is 2.77. The molecule has 1 aromatic heterocycles. The van der Waals surface area contributed by atoms with Gasteiger partial charge in [0, 0.05) is 17.1 Å². The van der Waals surface area contributed by atoms with Crippen LogP contribution in [-0.4, -0.2) is 26.6 Å². The Morgan fingerprint density at radius 1 is 1.38 bits per heavy atom. The van der Waals surface area contributed by atoms with Crippen LogP contribution in [0.3, 0.4) is 0 Å². The highest BCUT2D eigenvalue weighted by atomic mass is 79.9. The smallest absolute Gasteiger partial charge is 0.107 e. The molecule has 0 amide bonds. The van der Waals surface area contributed by atoms with Crippen molar-refractivity contribution in [2.75, 3.05) is 5.33 Å². The standard InChI is InChI=1S/C8H9Br2NO2/c9-3-6(12)8(13)5-1-2-7(10)11-4-5/h1-2,4,6,8,12-13H,3H2. The van der Waals surface area contributed by atoms with Crippen molar-refractivity contribution in [1.82, 2.24) is 4.98 Å². The van der Waals surface area contributed by atoms with Gasteiger partial charge in [-0.05, 0) is 22.0 Å². The molecule has 0 saturated carbocycles. The molecular formula is C8H9Br2NO2. The summed E-state index contributed by atoms with van der Waals surface area (Å²) in [5, 5.41) is 19.2. The minimum atomic E-state index is -0.889. The zero-order valence-corrected chi connectivity index (χ0v) is 9.86. The number of aliphatic hydroxyl groups is 2. The number of pyridine rings is 1. The minimum absolute atomic E-state index is 0.338. The van der Waals surface area contributed by atoms with Crippen molar-refractivity contribution in [3.63, 3.8) is 0 Å². The fourth-order valence-corrected chi connectivity index (χ4v) is 1.46. The van der Waals surface area contributed by atoms with E-state index in [9.17, 15) is 10.2 Å². The Kier molecular flexibility index (Phi) is 4.31. The number of nitrogens with zero attached hydrogens (tertiary/aromatic N) is 1. The van der Waals surface area contributed by atoms with Gasteiger partial charge in [0.2, 0.25) is 0 Å². The van der Waals surface area contributed by atoms with Crippen LogP contribution in [-0.2, 0) is 0 Å². The molecule has 3 nitrogen and oxygen atoms in total. The zero-order chi connectivity index (χ0) is 9.84. The third-order valence-corrected chi connectivity index (χ3v) is 2.75. The molecule has 2 N–H and O–H groups in total. The quantitative estimate of drug-likeness (QED) is 0.659. The fourth-order valence-electron chi connectivity index (χ4n) is 0.869. The van der Waals surface area contributed by atoms with E-state index in [1.807, 2.05) is 0 Å². The second-order valence-corrected chi connectivity index (χ2v) is 4.04. The molecular weight excluding hydrogens is 302 g/mol. The molecule has 0 aliphatic heterocycles. The lowest BCUT2D eigenvalue weighted by Crippen LogP contribution is -2.19. The SMILES string of the molecule is OC(CBr)C(O)c1ccc(Br)nc1. The predicted octanol–water partition coefficient (Wildman–Crippen LogP) is 1.63. The normalized spacial score (nSPS) is 15.4. The monoisotopic (exact) mass is 309 g/mol. The minimum Gasteiger partial charge on any atom is -0.389 e. The largest absolute Gasteiger partial charge is 0.389 e. The van der Waals surface area contributed by atoms with Gasteiger partial charge in [-0.15, -0.1) is 0 Å². The lowest BCUT2D eigenvalue weighted by atomic mass is 10.1. The van der Waals surface area contributed by atoms with Gasteiger partial charge < -0.3 is 10.2 Å². The molecule has 1 aromatic rings. The van der Waals surface area contributed by atoms with Crippen LogP contribution in [0.4, 0.5) is 0 Å². The third kappa shape index (κ3) is 3.02. The number of hydrogen-bond donors (Lipinski definition) is 2. The lowest BCUT2D eigenvalue weighted by molar-refractivity contribution is 0.0340. The molecule has 2 unspecified atom stereocenters. The summed E-state index contributed by atoms with van der Waals surface area (Å²) in [7, 11) is 0. The molecule has 0 aliphatic carbocycles. The highest BCUT2D eigenvalue weighted by Crippen LogP contribution is 2.18.